The van der Waals surface area contributed by atoms with Gasteiger partial charge in [0.15, 0.2) is 12.4 Å². The number of carbonyl (C=O) groups is 3. The van der Waals surface area contributed by atoms with Crippen molar-refractivity contribution >= 4 is 41.1 Å². The molecule has 1 aromatic carbocycles. The van der Waals surface area contributed by atoms with Crippen molar-refractivity contribution in [1.29, 1.82) is 0 Å². The number of carbonyl (C=O) groups excluding carboxylic acids is 3. The molecule has 130 valence electrons. The molecule has 1 aromatic heterocycles. The number of aryl methyl sites for hydroxylation is 1. The average molecular weight is 361 g/mol. The van der Waals surface area contributed by atoms with E-state index in [1.807, 2.05) is 0 Å². The van der Waals surface area contributed by atoms with Gasteiger partial charge < -0.3 is 19.9 Å². The third-order valence-electron chi connectivity index (χ3n) is 3.38. The molecule has 0 saturated heterocycles. The van der Waals surface area contributed by atoms with Crippen LogP contribution in [-0.2, 0) is 14.3 Å². The predicted molar refractivity (Wildman–Crippen MR) is 90.5 cm³/mol. The fourth-order valence-corrected chi connectivity index (χ4v) is 3.08. The molecule has 25 heavy (non-hydrogen) atoms. The lowest BCUT2D eigenvalue weighted by Gasteiger charge is -2.21. The predicted octanol–water partition coefficient (Wildman–Crippen LogP) is 2.21. The highest BCUT2D eigenvalue weighted by Crippen LogP contribution is 2.35. The van der Waals surface area contributed by atoms with Crippen molar-refractivity contribution in [2.75, 3.05) is 17.2 Å². The van der Waals surface area contributed by atoms with Crippen LogP contribution in [0.1, 0.15) is 23.0 Å². The van der Waals surface area contributed by atoms with Gasteiger partial charge in [0.25, 0.3) is 5.91 Å². The highest BCUT2D eigenvalue weighted by Gasteiger charge is 2.24. The molecule has 0 aliphatic carbocycles. The Labute approximate surface area is 147 Å². The van der Waals surface area contributed by atoms with E-state index in [-0.39, 0.29) is 22.5 Å². The Morgan fingerprint density at radius 3 is 2.92 bits per heavy atom. The maximum Gasteiger partial charge on any atom is 0.338 e. The minimum Gasteiger partial charge on any atom is -0.452 e. The number of hydrogen-bond acceptors (Lipinski definition) is 7. The topological polar surface area (TPSA) is 111 Å². The maximum absolute atomic E-state index is 12.1. The summed E-state index contributed by atoms with van der Waals surface area (Å²) in [5.41, 5.74) is 0.810. The molecule has 1 aliphatic rings. The van der Waals surface area contributed by atoms with Crippen LogP contribution in [0.5, 0.6) is 0 Å². The first-order valence-corrected chi connectivity index (χ1v) is 8.32. The van der Waals surface area contributed by atoms with E-state index < -0.39 is 18.5 Å². The van der Waals surface area contributed by atoms with Crippen LogP contribution >= 0.6 is 11.8 Å². The second kappa shape index (κ2) is 6.98. The summed E-state index contributed by atoms with van der Waals surface area (Å²) in [6.45, 7) is 3.04. The van der Waals surface area contributed by atoms with E-state index in [1.54, 1.807) is 32.0 Å². The number of thioether (sulfide) groups is 1. The van der Waals surface area contributed by atoms with Gasteiger partial charge in [-0.25, -0.2) is 4.79 Å². The van der Waals surface area contributed by atoms with Crippen LogP contribution in [0.15, 0.2) is 33.7 Å². The summed E-state index contributed by atoms with van der Waals surface area (Å²) in [7, 11) is 0. The molecule has 2 amide bonds. The molecular formula is C16H15N3O5S. The molecule has 0 fully saturated rings. The lowest BCUT2D eigenvalue weighted by atomic mass is 10.2. The first kappa shape index (κ1) is 17.0. The van der Waals surface area contributed by atoms with Gasteiger partial charge in [-0.05, 0) is 32.0 Å². The zero-order valence-corrected chi connectivity index (χ0v) is 14.3. The first-order valence-electron chi connectivity index (χ1n) is 7.44. The van der Waals surface area contributed by atoms with Crippen molar-refractivity contribution < 1.29 is 23.6 Å². The van der Waals surface area contributed by atoms with E-state index in [4.69, 9.17) is 9.26 Å². The van der Waals surface area contributed by atoms with Crippen LogP contribution in [0.4, 0.5) is 11.5 Å². The Balaban J connectivity index is 1.59. The number of nitrogens with one attached hydrogen (secondary N) is 2. The summed E-state index contributed by atoms with van der Waals surface area (Å²) < 4.78 is 9.80. The fraction of sp³-hybridized carbons (Fsp3) is 0.250. The van der Waals surface area contributed by atoms with Crippen molar-refractivity contribution in [1.82, 2.24) is 5.16 Å². The number of aromatic nitrogens is 1. The van der Waals surface area contributed by atoms with Gasteiger partial charge in [-0.1, -0.05) is 5.16 Å². The number of esters is 1. The van der Waals surface area contributed by atoms with E-state index in [1.165, 1.54) is 17.8 Å². The van der Waals surface area contributed by atoms with Crippen molar-refractivity contribution in [2.45, 2.75) is 24.0 Å². The van der Waals surface area contributed by atoms with Gasteiger partial charge in [-0.2, -0.15) is 0 Å². The van der Waals surface area contributed by atoms with Gasteiger partial charge >= 0.3 is 5.97 Å². The molecule has 0 spiro atoms. The number of anilines is 2. The van der Waals surface area contributed by atoms with Gasteiger partial charge in [-0.15, -0.1) is 11.8 Å². The summed E-state index contributed by atoms with van der Waals surface area (Å²) in [5, 5.41) is 8.61. The minimum atomic E-state index is -0.660. The van der Waals surface area contributed by atoms with Crippen LogP contribution in [-0.4, -0.2) is 34.8 Å². The van der Waals surface area contributed by atoms with Gasteiger partial charge in [0.05, 0.1) is 16.5 Å². The number of rotatable bonds is 4. The first-order chi connectivity index (χ1) is 11.9. The summed E-state index contributed by atoms with van der Waals surface area (Å²) >= 11 is 1.42. The summed E-state index contributed by atoms with van der Waals surface area (Å²) in [6.07, 6.45) is 0. The van der Waals surface area contributed by atoms with Crippen LogP contribution in [0.2, 0.25) is 0 Å². The Kier molecular flexibility index (Phi) is 4.75. The molecule has 9 heteroatoms. The van der Waals surface area contributed by atoms with Crippen molar-refractivity contribution in [3.05, 3.63) is 35.6 Å². The smallest absolute Gasteiger partial charge is 0.338 e. The lowest BCUT2D eigenvalue weighted by molar-refractivity contribution is -0.119. The molecule has 0 unspecified atom stereocenters. The van der Waals surface area contributed by atoms with Crippen LogP contribution in [0.3, 0.4) is 0 Å². The number of fused-ring (bicyclic) bond motifs is 1. The van der Waals surface area contributed by atoms with Crippen molar-refractivity contribution in [3.63, 3.8) is 0 Å². The molecule has 0 radical (unpaired) electrons. The standard InChI is InChI=1S/C16H15N3O5S/c1-8-5-13(19-24-8)18-14(20)7-23-16(22)10-3-4-12-11(6-10)17-15(21)9(2)25-12/h3-6,9H,7H2,1-2H3,(H,17,21)(H,18,19,20)/t9-/m1/s1. The normalized spacial score (nSPS) is 15.9. The van der Waals surface area contributed by atoms with Crippen LogP contribution in [0.25, 0.3) is 0 Å². The highest BCUT2D eigenvalue weighted by molar-refractivity contribution is 8.00. The summed E-state index contributed by atoms with van der Waals surface area (Å²) in [5.74, 6) is -0.508. The zero-order chi connectivity index (χ0) is 18.0. The Hall–Kier alpha value is -2.81. The van der Waals surface area contributed by atoms with E-state index in [9.17, 15) is 14.4 Å². The van der Waals surface area contributed by atoms with Gasteiger partial charge in [0.2, 0.25) is 5.91 Å². The van der Waals surface area contributed by atoms with Crippen molar-refractivity contribution in [2.24, 2.45) is 0 Å². The van der Waals surface area contributed by atoms with Gasteiger partial charge in [0, 0.05) is 11.0 Å². The van der Waals surface area contributed by atoms with Crippen molar-refractivity contribution in [3.8, 4) is 0 Å². The fourth-order valence-electron chi connectivity index (χ4n) is 2.15. The Morgan fingerprint density at radius 2 is 2.20 bits per heavy atom. The van der Waals surface area contributed by atoms with Crippen LogP contribution in [0, 0.1) is 6.92 Å². The Morgan fingerprint density at radius 1 is 1.40 bits per heavy atom. The molecule has 1 atom stereocenters. The largest absolute Gasteiger partial charge is 0.452 e. The lowest BCUT2D eigenvalue weighted by Crippen LogP contribution is -2.26. The van der Waals surface area contributed by atoms with Crippen LogP contribution < -0.4 is 10.6 Å². The number of benzene rings is 1. The third-order valence-corrected chi connectivity index (χ3v) is 4.55. The monoisotopic (exact) mass is 361 g/mol. The molecule has 0 saturated carbocycles. The average Bonchev–Trinajstić information content (AvgIpc) is 2.98. The molecule has 2 heterocycles. The SMILES string of the molecule is Cc1cc(NC(=O)COC(=O)c2ccc3c(c2)NC(=O)[C@@H](C)S3)no1. The molecule has 8 nitrogen and oxygen atoms in total. The highest BCUT2D eigenvalue weighted by atomic mass is 32.2. The third kappa shape index (κ3) is 4.00. The summed E-state index contributed by atoms with van der Waals surface area (Å²) in [4.78, 5) is 36.4. The molecular weight excluding hydrogens is 346 g/mol. The molecule has 2 N–H and O–H groups in total. The molecule has 1 aliphatic heterocycles. The molecule has 0 bridgehead atoms. The molecule has 3 rings (SSSR count). The molecule has 2 aromatic rings. The number of hydrogen-bond donors (Lipinski definition) is 2. The van der Waals surface area contributed by atoms with Gasteiger partial charge in [-0.3, -0.25) is 9.59 Å². The van der Waals surface area contributed by atoms with E-state index in [0.29, 0.717) is 11.4 Å². The zero-order valence-electron chi connectivity index (χ0n) is 13.5. The number of amides is 2. The van der Waals surface area contributed by atoms with E-state index in [0.717, 1.165) is 4.90 Å². The maximum atomic E-state index is 12.1. The quantitative estimate of drug-likeness (QED) is 0.803. The second-order valence-electron chi connectivity index (χ2n) is 5.41. The second-order valence-corrected chi connectivity index (χ2v) is 6.79. The van der Waals surface area contributed by atoms with E-state index >= 15 is 0 Å². The Bertz CT molecular complexity index is 848. The number of nitrogens with zero attached hydrogens (tertiary/aromatic N) is 1. The minimum absolute atomic E-state index is 0.120. The summed E-state index contributed by atoms with van der Waals surface area (Å²) in [6, 6.07) is 6.42. The number of ether oxygens (including phenoxy) is 1. The van der Waals surface area contributed by atoms with Gasteiger partial charge in [0.1, 0.15) is 5.76 Å². The van der Waals surface area contributed by atoms with E-state index in [2.05, 4.69) is 15.8 Å².